The van der Waals surface area contributed by atoms with Crippen molar-refractivity contribution < 1.29 is 27.5 Å². The fraction of sp³-hybridized carbons (Fsp3) is 0.417. The lowest BCUT2D eigenvalue weighted by Gasteiger charge is -2.27. The largest absolute Gasteiger partial charge is 0.469 e. The molecule has 2 aliphatic carbocycles. The van der Waals surface area contributed by atoms with Gasteiger partial charge in [0.05, 0.1) is 25.3 Å². The molecule has 9 heteroatoms. The molecule has 0 heterocycles. The van der Waals surface area contributed by atoms with Crippen molar-refractivity contribution in [1.29, 1.82) is 0 Å². The van der Waals surface area contributed by atoms with Crippen molar-refractivity contribution in [2.75, 3.05) is 19.5 Å². The lowest BCUT2D eigenvalue weighted by molar-refractivity contribution is -0.141. The molecule has 176 valence electrons. The molecule has 2 N–H and O–H groups in total. The van der Waals surface area contributed by atoms with Crippen molar-refractivity contribution in [2.24, 2.45) is 0 Å². The van der Waals surface area contributed by atoms with Crippen molar-refractivity contribution >= 4 is 22.1 Å². The summed E-state index contributed by atoms with van der Waals surface area (Å²) in [7, 11) is -2.46. The first-order valence-electron chi connectivity index (χ1n) is 11.0. The zero-order valence-electron chi connectivity index (χ0n) is 18.5. The second kappa shape index (κ2) is 9.93. The first kappa shape index (κ1) is 23.3. The third kappa shape index (κ3) is 5.54. The van der Waals surface area contributed by atoms with Gasteiger partial charge in [0, 0.05) is 12.0 Å². The van der Waals surface area contributed by atoms with E-state index >= 15 is 0 Å². The Bertz CT molecular complexity index is 1080. The van der Waals surface area contributed by atoms with Crippen LogP contribution in [-0.2, 0) is 24.3 Å². The number of carbonyl (C=O) groups excluding carboxylic acids is 2. The summed E-state index contributed by atoms with van der Waals surface area (Å²) in [5.74, 6) is -1.16. The molecule has 4 rings (SSSR count). The highest BCUT2D eigenvalue weighted by Crippen LogP contribution is 2.44. The molecule has 2 aliphatic rings. The summed E-state index contributed by atoms with van der Waals surface area (Å²) in [6.45, 7) is 0.0951. The first-order valence-corrected chi connectivity index (χ1v) is 12.7. The molecule has 0 aliphatic heterocycles. The maximum atomic E-state index is 12.6. The molecular formula is C24H28N2O6S. The molecule has 0 spiro atoms. The quantitative estimate of drug-likeness (QED) is 0.543. The van der Waals surface area contributed by atoms with Crippen LogP contribution in [0, 0.1) is 0 Å². The summed E-state index contributed by atoms with van der Waals surface area (Å²) in [6.07, 6.45) is 1.52. The molecule has 0 saturated heterocycles. The molecule has 2 aromatic rings. The van der Waals surface area contributed by atoms with Gasteiger partial charge in [0.25, 0.3) is 0 Å². The Morgan fingerprint density at radius 1 is 1.03 bits per heavy atom. The monoisotopic (exact) mass is 472 g/mol. The lowest BCUT2D eigenvalue weighted by atomic mass is 9.94. The van der Waals surface area contributed by atoms with Gasteiger partial charge in [-0.15, -0.1) is 0 Å². The minimum Gasteiger partial charge on any atom is -0.469 e. The van der Waals surface area contributed by atoms with Crippen LogP contribution in [0.3, 0.4) is 0 Å². The molecule has 2 aromatic carbocycles. The molecule has 0 bridgehead atoms. The molecular weight excluding hydrogens is 444 g/mol. The number of hydrogen-bond donors (Lipinski definition) is 2. The standard InChI is InChI=1S/C24H28N2O6S/c1-31-23(27)13-17(15-33(29,30)26-16-7-6-8-16)25-24(28)32-14-22-20-11-4-2-9-18(20)19-10-3-5-12-21(19)22/h2-5,9-12,16-17,22,26H,6-8,13-15H2,1H3,(H,25,28)/t17-/m0/s1. The van der Waals surface area contributed by atoms with Gasteiger partial charge in [-0.2, -0.15) is 0 Å². The normalized spacial score (nSPS) is 16.3. The number of nitrogens with one attached hydrogen (secondary N) is 2. The van der Waals surface area contributed by atoms with Crippen molar-refractivity contribution in [2.45, 2.75) is 43.7 Å². The van der Waals surface area contributed by atoms with Gasteiger partial charge in [-0.3, -0.25) is 4.79 Å². The van der Waals surface area contributed by atoms with Crippen LogP contribution in [0.5, 0.6) is 0 Å². The van der Waals surface area contributed by atoms with Crippen molar-refractivity contribution in [3.63, 3.8) is 0 Å². The summed E-state index contributed by atoms with van der Waals surface area (Å²) in [5.41, 5.74) is 4.37. The fourth-order valence-electron chi connectivity index (χ4n) is 4.34. The summed E-state index contributed by atoms with van der Waals surface area (Å²) >= 11 is 0. The van der Waals surface area contributed by atoms with E-state index in [0.29, 0.717) is 0 Å². The van der Waals surface area contributed by atoms with Crippen LogP contribution in [0.25, 0.3) is 11.1 Å². The van der Waals surface area contributed by atoms with Crippen molar-refractivity contribution in [3.8, 4) is 11.1 Å². The van der Waals surface area contributed by atoms with Crippen LogP contribution < -0.4 is 10.0 Å². The number of rotatable bonds is 9. The van der Waals surface area contributed by atoms with Gasteiger partial charge < -0.3 is 14.8 Å². The maximum absolute atomic E-state index is 12.6. The number of fused-ring (bicyclic) bond motifs is 3. The number of alkyl carbamates (subject to hydrolysis) is 1. The average Bonchev–Trinajstić information content (AvgIpc) is 3.08. The van der Waals surface area contributed by atoms with E-state index in [1.54, 1.807) is 0 Å². The number of carbonyl (C=O) groups is 2. The Balaban J connectivity index is 1.40. The number of esters is 1. The SMILES string of the molecule is COC(=O)C[C@@H](CS(=O)(=O)NC1CCC1)NC(=O)OCC1c2ccccc2-c2ccccc21. The first-order chi connectivity index (χ1) is 15.9. The summed E-state index contributed by atoms with van der Waals surface area (Å²) in [5, 5.41) is 2.54. The van der Waals surface area contributed by atoms with E-state index < -0.39 is 33.9 Å². The number of benzene rings is 2. The molecule has 1 saturated carbocycles. The zero-order chi connectivity index (χ0) is 23.4. The zero-order valence-corrected chi connectivity index (χ0v) is 19.3. The van der Waals surface area contributed by atoms with Gasteiger partial charge in [0.15, 0.2) is 0 Å². The number of sulfonamides is 1. The second-order valence-electron chi connectivity index (χ2n) is 8.47. The number of hydrogen-bond acceptors (Lipinski definition) is 6. The van der Waals surface area contributed by atoms with E-state index in [0.717, 1.165) is 41.5 Å². The highest BCUT2D eigenvalue weighted by Gasteiger charge is 2.31. The van der Waals surface area contributed by atoms with E-state index in [2.05, 4.69) is 14.8 Å². The molecule has 1 amide bonds. The van der Waals surface area contributed by atoms with Crippen LogP contribution in [0.15, 0.2) is 48.5 Å². The van der Waals surface area contributed by atoms with E-state index in [1.807, 2.05) is 48.5 Å². The van der Waals surface area contributed by atoms with E-state index in [4.69, 9.17) is 4.74 Å². The van der Waals surface area contributed by atoms with Crippen molar-refractivity contribution in [3.05, 3.63) is 59.7 Å². The molecule has 0 unspecified atom stereocenters. The highest BCUT2D eigenvalue weighted by molar-refractivity contribution is 7.89. The third-order valence-electron chi connectivity index (χ3n) is 6.18. The van der Waals surface area contributed by atoms with Crippen LogP contribution in [0.1, 0.15) is 42.7 Å². The van der Waals surface area contributed by atoms with Gasteiger partial charge >= 0.3 is 12.1 Å². The maximum Gasteiger partial charge on any atom is 0.407 e. The van der Waals surface area contributed by atoms with Gasteiger partial charge in [0.1, 0.15) is 6.61 Å². The van der Waals surface area contributed by atoms with Gasteiger partial charge in [-0.05, 0) is 35.1 Å². The third-order valence-corrected chi connectivity index (χ3v) is 7.71. The molecule has 1 atom stereocenters. The Kier molecular flexibility index (Phi) is 6.99. The summed E-state index contributed by atoms with van der Waals surface area (Å²) in [4.78, 5) is 24.4. The lowest BCUT2D eigenvalue weighted by Crippen LogP contribution is -2.47. The van der Waals surface area contributed by atoms with Gasteiger partial charge in [-0.1, -0.05) is 55.0 Å². The molecule has 0 aromatic heterocycles. The molecule has 33 heavy (non-hydrogen) atoms. The summed E-state index contributed by atoms with van der Waals surface area (Å²) in [6, 6.07) is 14.9. The van der Waals surface area contributed by atoms with Crippen LogP contribution >= 0.6 is 0 Å². The van der Waals surface area contributed by atoms with Crippen molar-refractivity contribution in [1.82, 2.24) is 10.0 Å². The van der Waals surface area contributed by atoms with Crippen LogP contribution in [-0.4, -0.2) is 52.0 Å². The number of methoxy groups -OCH3 is 1. The highest BCUT2D eigenvalue weighted by atomic mass is 32.2. The van der Waals surface area contributed by atoms with Gasteiger partial charge in [-0.25, -0.2) is 17.9 Å². The Labute approximate surface area is 193 Å². The van der Waals surface area contributed by atoms with Crippen LogP contribution in [0.2, 0.25) is 0 Å². The topological polar surface area (TPSA) is 111 Å². The fourth-order valence-corrected chi connectivity index (χ4v) is 5.91. The Morgan fingerprint density at radius 3 is 2.18 bits per heavy atom. The average molecular weight is 473 g/mol. The number of ether oxygens (including phenoxy) is 2. The van der Waals surface area contributed by atoms with E-state index in [-0.39, 0.29) is 25.0 Å². The predicted octanol–water partition coefficient (Wildman–Crippen LogP) is 2.93. The van der Waals surface area contributed by atoms with E-state index in [1.165, 1.54) is 7.11 Å². The van der Waals surface area contributed by atoms with Gasteiger partial charge in [0.2, 0.25) is 10.0 Å². The predicted molar refractivity (Wildman–Crippen MR) is 123 cm³/mol. The smallest absolute Gasteiger partial charge is 0.407 e. The van der Waals surface area contributed by atoms with E-state index in [9.17, 15) is 18.0 Å². The minimum atomic E-state index is -3.68. The van der Waals surface area contributed by atoms with Crippen LogP contribution in [0.4, 0.5) is 4.79 Å². The molecule has 1 fully saturated rings. The Morgan fingerprint density at radius 2 is 1.64 bits per heavy atom. The molecule has 0 radical (unpaired) electrons. The summed E-state index contributed by atoms with van der Waals surface area (Å²) < 4.78 is 37.7. The Hall–Kier alpha value is -2.91. The minimum absolute atomic E-state index is 0.0803. The number of amides is 1. The second-order valence-corrected chi connectivity index (χ2v) is 10.3. The molecule has 8 nitrogen and oxygen atoms in total.